The van der Waals surface area contributed by atoms with Gasteiger partial charge in [0.1, 0.15) is 0 Å². The number of nitrogens with one attached hydrogen (secondary N) is 2. The maximum atomic E-state index is 12.1. The number of hydrogen-bond acceptors (Lipinski definition) is 4. The quantitative estimate of drug-likeness (QED) is 0.704. The summed E-state index contributed by atoms with van der Waals surface area (Å²) in [4.78, 5) is 2.38. The molecule has 0 heterocycles. The van der Waals surface area contributed by atoms with Gasteiger partial charge in [-0.1, -0.05) is 19.1 Å². The van der Waals surface area contributed by atoms with Crippen molar-refractivity contribution in [3.63, 3.8) is 0 Å². The average molecular weight is 299 g/mol. The summed E-state index contributed by atoms with van der Waals surface area (Å²) in [7, 11) is 0.468. The molecule has 0 bridgehead atoms. The molecule has 0 amide bonds. The first kappa shape index (κ1) is 17.1. The van der Waals surface area contributed by atoms with E-state index in [1.54, 1.807) is 12.1 Å². The zero-order valence-corrected chi connectivity index (χ0v) is 13.3. The van der Waals surface area contributed by atoms with Crippen LogP contribution in [0.25, 0.3) is 0 Å². The van der Waals surface area contributed by atoms with Crippen molar-refractivity contribution in [3.05, 3.63) is 29.8 Å². The van der Waals surface area contributed by atoms with Crippen LogP contribution in [0.15, 0.2) is 29.2 Å². The third-order valence-corrected chi connectivity index (χ3v) is 4.70. The molecule has 0 spiro atoms. The average Bonchev–Trinajstić information content (AvgIpc) is 2.45. The molecule has 2 N–H and O–H groups in total. The van der Waals surface area contributed by atoms with Crippen LogP contribution in [0.3, 0.4) is 0 Å². The zero-order chi connectivity index (χ0) is 15.0. The van der Waals surface area contributed by atoms with Gasteiger partial charge in [-0.3, -0.25) is 0 Å². The lowest BCUT2D eigenvalue weighted by molar-refractivity contribution is 0.358. The van der Waals surface area contributed by atoms with E-state index in [0.29, 0.717) is 18.0 Å². The molecule has 0 atom stereocenters. The van der Waals surface area contributed by atoms with E-state index in [1.807, 2.05) is 33.2 Å². The first-order chi connectivity index (χ1) is 9.49. The SMILES string of the molecule is CCN(C)CCNS(=O)(=O)c1ccc(CCNC)cc1. The molecule has 0 radical (unpaired) electrons. The van der Waals surface area contributed by atoms with E-state index in [1.165, 1.54) is 0 Å². The zero-order valence-electron chi connectivity index (χ0n) is 12.5. The van der Waals surface area contributed by atoms with E-state index in [9.17, 15) is 8.42 Å². The van der Waals surface area contributed by atoms with E-state index in [4.69, 9.17) is 0 Å². The van der Waals surface area contributed by atoms with Gasteiger partial charge in [-0.2, -0.15) is 0 Å². The lowest BCUT2D eigenvalue weighted by Crippen LogP contribution is -2.32. The summed E-state index contributed by atoms with van der Waals surface area (Å²) < 4.78 is 26.8. The summed E-state index contributed by atoms with van der Waals surface area (Å²) in [6.07, 6.45) is 0.894. The predicted molar refractivity (Wildman–Crippen MR) is 82.4 cm³/mol. The second kappa shape index (κ2) is 8.36. The lowest BCUT2D eigenvalue weighted by Gasteiger charge is -2.14. The predicted octanol–water partition coefficient (Wildman–Crippen LogP) is 0.679. The number of rotatable bonds is 9. The molecule has 0 fully saturated rings. The highest BCUT2D eigenvalue weighted by atomic mass is 32.2. The van der Waals surface area contributed by atoms with Crippen LogP contribution in [-0.4, -0.2) is 53.6 Å². The van der Waals surface area contributed by atoms with Gasteiger partial charge < -0.3 is 10.2 Å². The summed E-state index contributed by atoms with van der Waals surface area (Å²) in [5, 5.41) is 3.07. The maximum absolute atomic E-state index is 12.1. The van der Waals surface area contributed by atoms with Gasteiger partial charge in [-0.05, 0) is 51.3 Å². The Kier molecular flexibility index (Phi) is 7.15. The van der Waals surface area contributed by atoms with Crippen molar-refractivity contribution in [2.24, 2.45) is 0 Å². The van der Waals surface area contributed by atoms with Crippen LogP contribution in [0.1, 0.15) is 12.5 Å². The molecule has 1 aromatic carbocycles. The van der Waals surface area contributed by atoms with Gasteiger partial charge in [-0.25, -0.2) is 13.1 Å². The van der Waals surface area contributed by atoms with Crippen molar-refractivity contribution in [2.75, 3.05) is 40.3 Å². The molecule has 0 aliphatic carbocycles. The van der Waals surface area contributed by atoms with Crippen LogP contribution in [0.5, 0.6) is 0 Å². The van der Waals surface area contributed by atoms with Gasteiger partial charge in [0.25, 0.3) is 0 Å². The number of benzene rings is 1. The molecule has 1 aromatic rings. The number of sulfonamides is 1. The molecule has 0 saturated carbocycles. The minimum absolute atomic E-state index is 0.324. The van der Waals surface area contributed by atoms with E-state index in [0.717, 1.165) is 25.1 Å². The second-order valence-corrected chi connectivity index (χ2v) is 6.56. The molecule has 114 valence electrons. The van der Waals surface area contributed by atoms with Crippen LogP contribution in [0, 0.1) is 0 Å². The highest BCUT2D eigenvalue weighted by Crippen LogP contribution is 2.10. The van der Waals surface area contributed by atoms with Crippen molar-refractivity contribution >= 4 is 10.0 Å². The van der Waals surface area contributed by atoms with Crippen LogP contribution in [0.2, 0.25) is 0 Å². The summed E-state index contributed by atoms with van der Waals surface area (Å²) in [6, 6.07) is 7.06. The number of hydrogen-bond donors (Lipinski definition) is 2. The Morgan fingerprint density at radius 1 is 1.15 bits per heavy atom. The van der Waals surface area contributed by atoms with E-state index in [2.05, 4.69) is 14.9 Å². The highest BCUT2D eigenvalue weighted by molar-refractivity contribution is 7.89. The molecular formula is C14H25N3O2S. The Balaban J connectivity index is 2.58. The van der Waals surface area contributed by atoms with Gasteiger partial charge >= 0.3 is 0 Å². The summed E-state index contributed by atoms with van der Waals surface area (Å²) in [5.41, 5.74) is 1.13. The third-order valence-electron chi connectivity index (χ3n) is 3.22. The molecule has 20 heavy (non-hydrogen) atoms. The Morgan fingerprint density at radius 2 is 1.80 bits per heavy atom. The van der Waals surface area contributed by atoms with Gasteiger partial charge in [0.2, 0.25) is 10.0 Å². The Labute approximate surface area is 122 Å². The monoisotopic (exact) mass is 299 g/mol. The minimum Gasteiger partial charge on any atom is -0.319 e. The standard InChI is InChI=1S/C14H25N3O2S/c1-4-17(3)12-11-16-20(18,19)14-7-5-13(6-8-14)9-10-15-2/h5-8,15-16H,4,9-12H2,1-3H3. The van der Waals surface area contributed by atoms with E-state index in [-0.39, 0.29) is 0 Å². The van der Waals surface area contributed by atoms with Crippen molar-refractivity contribution < 1.29 is 8.42 Å². The number of likely N-dealkylation sites (N-methyl/N-ethyl adjacent to an activating group) is 2. The summed E-state index contributed by atoms with van der Waals surface area (Å²) >= 11 is 0. The summed E-state index contributed by atoms with van der Waals surface area (Å²) in [5.74, 6) is 0. The van der Waals surface area contributed by atoms with Crippen molar-refractivity contribution in [2.45, 2.75) is 18.2 Å². The normalized spacial score (nSPS) is 12.0. The largest absolute Gasteiger partial charge is 0.319 e. The Morgan fingerprint density at radius 3 is 2.35 bits per heavy atom. The van der Waals surface area contributed by atoms with Crippen molar-refractivity contribution in [3.8, 4) is 0 Å². The van der Waals surface area contributed by atoms with Crippen molar-refractivity contribution in [1.82, 2.24) is 14.9 Å². The minimum atomic E-state index is -3.39. The topological polar surface area (TPSA) is 61.4 Å². The van der Waals surface area contributed by atoms with E-state index < -0.39 is 10.0 Å². The molecule has 0 aromatic heterocycles. The van der Waals surface area contributed by atoms with Gasteiger partial charge in [-0.15, -0.1) is 0 Å². The fourth-order valence-electron chi connectivity index (χ4n) is 1.72. The molecule has 0 saturated heterocycles. The molecule has 1 rings (SSSR count). The molecule has 0 aliphatic rings. The molecule has 6 heteroatoms. The van der Waals surface area contributed by atoms with E-state index >= 15 is 0 Å². The summed E-state index contributed by atoms with van der Waals surface area (Å²) in [6.45, 7) is 4.96. The van der Waals surface area contributed by atoms with Crippen LogP contribution in [-0.2, 0) is 16.4 Å². The first-order valence-electron chi connectivity index (χ1n) is 6.91. The van der Waals surface area contributed by atoms with Gasteiger partial charge in [0.05, 0.1) is 4.90 Å². The fourth-order valence-corrected chi connectivity index (χ4v) is 2.74. The second-order valence-electron chi connectivity index (χ2n) is 4.79. The van der Waals surface area contributed by atoms with Gasteiger partial charge in [0, 0.05) is 13.1 Å². The lowest BCUT2D eigenvalue weighted by atomic mass is 10.1. The third kappa shape index (κ3) is 5.58. The smallest absolute Gasteiger partial charge is 0.240 e. The fraction of sp³-hybridized carbons (Fsp3) is 0.571. The van der Waals surface area contributed by atoms with Crippen LogP contribution < -0.4 is 10.0 Å². The molecular weight excluding hydrogens is 274 g/mol. The molecule has 0 aliphatic heterocycles. The van der Waals surface area contributed by atoms with Crippen LogP contribution >= 0.6 is 0 Å². The molecule has 5 nitrogen and oxygen atoms in total. The first-order valence-corrected chi connectivity index (χ1v) is 8.39. The highest BCUT2D eigenvalue weighted by Gasteiger charge is 2.13. The Bertz CT molecular complexity index is 486. The Hall–Kier alpha value is -0.950. The van der Waals surface area contributed by atoms with Crippen LogP contribution in [0.4, 0.5) is 0 Å². The molecule has 0 unspecified atom stereocenters. The van der Waals surface area contributed by atoms with Crippen molar-refractivity contribution in [1.29, 1.82) is 0 Å². The van der Waals surface area contributed by atoms with Gasteiger partial charge in [0.15, 0.2) is 0 Å². The maximum Gasteiger partial charge on any atom is 0.240 e. The number of nitrogens with zero attached hydrogens (tertiary/aromatic N) is 1.